The van der Waals surface area contributed by atoms with E-state index in [1.165, 1.54) is 0 Å². The van der Waals surface area contributed by atoms with Gasteiger partial charge >= 0.3 is 0 Å². The zero-order valence-electron chi connectivity index (χ0n) is 17.5. The van der Waals surface area contributed by atoms with E-state index in [1.807, 2.05) is 48.5 Å². The van der Waals surface area contributed by atoms with Crippen molar-refractivity contribution in [2.75, 3.05) is 34.5 Å². The summed E-state index contributed by atoms with van der Waals surface area (Å²) in [6.45, 7) is 1.66. The van der Waals surface area contributed by atoms with Crippen LogP contribution in [0.4, 0.5) is 0 Å². The lowest BCUT2D eigenvalue weighted by molar-refractivity contribution is -0.246. The topological polar surface area (TPSA) is 64.6 Å². The Kier molecular flexibility index (Phi) is 6.55. The number of ether oxygens (including phenoxy) is 7. The van der Waals surface area contributed by atoms with Crippen molar-refractivity contribution in [3.63, 3.8) is 0 Å². The number of hydrogen-bond donors (Lipinski definition) is 0. The lowest BCUT2D eigenvalue weighted by atomic mass is 10.00. The standard InChI is InChI=1S/C23H28O7/c1-24-18-8-4-16(5-9-18)12-27-14-23-15-29-20(22(26-3)30-23)21(23)28-13-17-6-10-19(25-2)11-7-17/h4-11,20-22H,12-15H2,1-3H3/t20-,21+,22+,23+/m0/s1. The van der Waals surface area contributed by atoms with Crippen LogP contribution in [0, 0.1) is 0 Å². The van der Waals surface area contributed by atoms with Gasteiger partial charge in [-0.15, -0.1) is 0 Å². The van der Waals surface area contributed by atoms with E-state index in [2.05, 4.69) is 0 Å². The Morgan fingerprint density at radius 3 is 2.03 bits per heavy atom. The van der Waals surface area contributed by atoms with Crippen LogP contribution in [0.5, 0.6) is 11.5 Å². The van der Waals surface area contributed by atoms with Crippen LogP contribution in [-0.4, -0.2) is 58.6 Å². The molecule has 2 heterocycles. The van der Waals surface area contributed by atoms with Gasteiger partial charge in [0.2, 0.25) is 0 Å². The Labute approximate surface area is 176 Å². The highest BCUT2D eigenvalue weighted by molar-refractivity contribution is 5.27. The van der Waals surface area contributed by atoms with Crippen molar-refractivity contribution in [2.45, 2.75) is 37.3 Å². The van der Waals surface area contributed by atoms with Gasteiger partial charge in [0.05, 0.1) is 40.6 Å². The van der Waals surface area contributed by atoms with E-state index in [0.717, 1.165) is 22.6 Å². The first-order valence-electron chi connectivity index (χ1n) is 9.95. The second kappa shape index (κ2) is 9.32. The fourth-order valence-electron chi connectivity index (χ4n) is 3.88. The van der Waals surface area contributed by atoms with Gasteiger partial charge in [0.25, 0.3) is 0 Å². The first kappa shape index (κ1) is 21.1. The van der Waals surface area contributed by atoms with Crippen molar-refractivity contribution in [1.29, 1.82) is 0 Å². The molecular weight excluding hydrogens is 388 g/mol. The Morgan fingerprint density at radius 2 is 1.47 bits per heavy atom. The van der Waals surface area contributed by atoms with Gasteiger partial charge in [-0.05, 0) is 35.4 Å². The molecule has 7 heteroatoms. The van der Waals surface area contributed by atoms with Crippen molar-refractivity contribution in [1.82, 2.24) is 0 Å². The number of methoxy groups -OCH3 is 3. The molecule has 0 aliphatic carbocycles. The van der Waals surface area contributed by atoms with Crippen molar-refractivity contribution in [2.24, 2.45) is 0 Å². The zero-order valence-corrected chi connectivity index (χ0v) is 17.5. The number of hydrogen-bond acceptors (Lipinski definition) is 7. The van der Waals surface area contributed by atoms with Crippen LogP contribution >= 0.6 is 0 Å². The van der Waals surface area contributed by atoms with E-state index in [1.54, 1.807) is 21.3 Å². The lowest BCUT2D eigenvalue weighted by Gasteiger charge is -2.30. The summed E-state index contributed by atoms with van der Waals surface area (Å²) in [6.07, 6.45) is -1.03. The minimum absolute atomic E-state index is 0.277. The predicted octanol–water partition coefficient (Wildman–Crippen LogP) is 2.95. The molecule has 162 valence electrons. The summed E-state index contributed by atoms with van der Waals surface area (Å²) in [4.78, 5) is 0. The Bertz CT molecular complexity index is 807. The van der Waals surface area contributed by atoms with Crippen LogP contribution in [0.15, 0.2) is 48.5 Å². The molecule has 4 atom stereocenters. The number of fused-ring (bicyclic) bond motifs is 2. The largest absolute Gasteiger partial charge is 0.497 e. The molecule has 0 aromatic heterocycles. The predicted molar refractivity (Wildman–Crippen MR) is 109 cm³/mol. The first-order chi connectivity index (χ1) is 14.7. The van der Waals surface area contributed by atoms with Crippen LogP contribution in [-0.2, 0) is 36.9 Å². The molecule has 7 nitrogen and oxygen atoms in total. The molecule has 2 aliphatic rings. The van der Waals surface area contributed by atoms with E-state index in [9.17, 15) is 0 Å². The molecule has 30 heavy (non-hydrogen) atoms. The molecule has 2 aliphatic heterocycles. The molecule has 0 N–H and O–H groups in total. The van der Waals surface area contributed by atoms with Crippen LogP contribution in [0.3, 0.4) is 0 Å². The molecule has 0 spiro atoms. The molecule has 2 saturated heterocycles. The zero-order chi connectivity index (χ0) is 21.0. The lowest BCUT2D eigenvalue weighted by Crippen LogP contribution is -2.46. The van der Waals surface area contributed by atoms with Crippen LogP contribution in [0.25, 0.3) is 0 Å². The molecular formula is C23H28O7. The highest BCUT2D eigenvalue weighted by Crippen LogP contribution is 2.43. The summed E-state index contributed by atoms with van der Waals surface area (Å²) < 4.78 is 40.2. The van der Waals surface area contributed by atoms with Gasteiger partial charge in [0.15, 0.2) is 6.29 Å². The smallest absolute Gasteiger partial charge is 0.187 e. The van der Waals surface area contributed by atoms with Crippen LogP contribution in [0.2, 0.25) is 0 Å². The minimum atomic E-state index is -0.690. The molecule has 2 aromatic carbocycles. The highest BCUT2D eigenvalue weighted by Gasteiger charge is 2.63. The van der Waals surface area contributed by atoms with E-state index in [4.69, 9.17) is 33.2 Å². The van der Waals surface area contributed by atoms with Gasteiger partial charge in [-0.1, -0.05) is 24.3 Å². The third kappa shape index (κ3) is 4.31. The van der Waals surface area contributed by atoms with Crippen molar-refractivity contribution in [3.05, 3.63) is 59.7 Å². The fourth-order valence-corrected chi connectivity index (χ4v) is 3.88. The van der Waals surface area contributed by atoms with Gasteiger partial charge in [-0.3, -0.25) is 0 Å². The Balaban J connectivity index is 1.38. The molecule has 0 unspecified atom stereocenters. The van der Waals surface area contributed by atoms with Gasteiger partial charge in [-0.2, -0.15) is 0 Å². The second-order valence-electron chi connectivity index (χ2n) is 7.48. The summed E-state index contributed by atoms with van der Waals surface area (Å²) in [5.74, 6) is 1.63. The summed E-state index contributed by atoms with van der Waals surface area (Å²) >= 11 is 0. The molecule has 2 fully saturated rings. The summed E-state index contributed by atoms with van der Waals surface area (Å²) in [5, 5.41) is 0. The number of benzene rings is 2. The molecule has 0 radical (unpaired) electrons. The van der Waals surface area contributed by atoms with Gasteiger partial charge in [-0.25, -0.2) is 0 Å². The van der Waals surface area contributed by atoms with E-state index >= 15 is 0 Å². The average molecular weight is 416 g/mol. The third-order valence-electron chi connectivity index (χ3n) is 5.55. The van der Waals surface area contributed by atoms with Crippen molar-refractivity contribution in [3.8, 4) is 11.5 Å². The van der Waals surface area contributed by atoms with E-state index in [0.29, 0.717) is 26.4 Å². The van der Waals surface area contributed by atoms with Crippen molar-refractivity contribution >= 4 is 0 Å². The SMILES string of the molecule is COc1ccc(COC[C@]23CO[C@H]([C@H](OC)O2)[C@H]3OCc2ccc(OC)cc2)cc1. The van der Waals surface area contributed by atoms with Crippen molar-refractivity contribution < 1.29 is 33.2 Å². The van der Waals surface area contributed by atoms with E-state index < -0.39 is 11.9 Å². The molecule has 0 amide bonds. The number of rotatable bonds is 10. The van der Waals surface area contributed by atoms with Crippen LogP contribution in [0.1, 0.15) is 11.1 Å². The second-order valence-corrected chi connectivity index (χ2v) is 7.48. The Morgan fingerprint density at radius 1 is 0.867 bits per heavy atom. The van der Waals surface area contributed by atoms with Crippen LogP contribution < -0.4 is 9.47 Å². The molecule has 2 aromatic rings. The fraction of sp³-hybridized carbons (Fsp3) is 0.478. The monoisotopic (exact) mass is 416 g/mol. The maximum atomic E-state index is 6.25. The first-order valence-corrected chi connectivity index (χ1v) is 9.95. The minimum Gasteiger partial charge on any atom is -0.497 e. The van der Waals surface area contributed by atoms with Gasteiger partial charge in [0, 0.05) is 7.11 Å². The quantitative estimate of drug-likeness (QED) is 0.590. The maximum absolute atomic E-state index is 6.25. The van der Waals surface area contributed by atoms with Gasteiger partial charge in [0.1, 0.15) is 29.3 Å². The summed E-state index contributed by atoms with van der Waals surface area (Å²) in [6, 6.07) is 15.6. The average Bonchev–Trinajstić information content (AvgIpc) is 3.30. The molecule has 4 rings (SSSR count). The normalized spacial score (nSPS) is 27.4. The molecule has 2 bridgehead atoms. The molecule has 0 saturated carbocycles. The van der Waals surface area contributed by atoms with Gasteiger partial charge < -0.3 is 33.2 Å². The summed E-state index contributed by atoms with van der Waals surface area (Å²) in [7, 11) is 4.91. The summed E-state index contributed by atoms with van der Waals surface area (Å²) in [5.41, 5.74) is 1.41. The highest BCUT2D eigenvalue weighted by atomic mass is 16.8. The maximum Gasteiger partial charge on any atom is 0.187 e. The third-order valence-corrected chi connectivity index (χ3v) is 5.55. The van der Waals surface area contributed by atoms with E-state index in [-0.39, 0.29) is 12.2 Å². The Hall–Kier alpha value is -2.16.